The minimum Gasteiger partial charge on any atom is -0.508 e. The van der Waals surface area contributed by atoms with Crippen LogP contribution in [0.3, 0.4) is 0 Å². The first-order valence-electron chi connectivity index (χ1n) is 7.89. The van der Waals surface area contributed by atoms with Gasteiger partial charge in [0.2, 0.25) is 0 Å². The number of halogens is 2. The second-order valence-electron chi connectivity index (χ2n) is 5.94. The second kappa shape index (κ2) is 9.66. The molecule has 27 heavy (non-hydrogen) atoms. The normalized spacial score (nSPS) is 13.0. The zero-order chi connectivity index (χ0) is 20.1. The molecule has 2 aromatic carbocycles. The Balaban J connectivity index is 2.08. The molecule has 0 unspecified atom stereocenters. The number of phenolic OH excluding ortho intramolecular Hbond substituents is 1. The summed E-state index contributed by atoms with van der Waals surface area (Å²) in [5.41, 5.74) is 13.1. The Bertz CT molecular complexity index is 819. The summed E-state index contributed by atoms with van der Waals surface area (Å²) in [6, 6.07) is 8.05. The number of rotatable bonds is 7. The van der Waals surface area contributed by atoms with Gasteiger partial charge in [-0.1, -0.05) is 12.1 Å². The van der Waals surface area contributed by atoms with Crippen molar-refractivity contribution in [1.29, 1.82) is 0 Å². The maximum absolute atomic E-state index is 12.3. The molecule has 6 N–H and O–H groups in total. The molecule has 2 atom stereocenters. The average molecular weight is 596 g/mol. The van der Waals surface area contributed by atoms with E-state index < -0.39 is 24.0 Å². The van der Waals surface area contributed by atoms with E-state index in [0.717, 1.165) is 11.1 Å². The third-order valence-electron chi connectivity index (χ3n) is 3.73. The monoisotopic (exact) mass is 596 g/mol. The summed E-state index contributed by atoms with van der Waals surface area (Å²) in [6.45, 7) is 0. The Labute approximate surface area is 183 Å². The lowest BCUT2D eigenvalue weighted by Crippen LogP contribution is -2.36. The molecule has 2 rings (SSSR count). The van der Waals surface area contributed by atoms with Crippen LogP contribution in [0, 0.1) is 7.14 Å². The van der Waals surface area contributed by atoms with Crippen LogP contribution in [0.4, 0.5) is 0 Å². The van der Waals surface area contributed by atoms with Crippen LogP contribution < -0.4 is 16.2 Å². The molecule has 0 radical (unpaired) electrons. The standard InChI is InChI=1S/C18H18I2N2O5/c19-12-5-10(8-14(21)17(24)25)6-13(20)16(12)27-18(26)15(22)7-9-1-3-11(23)4-2-9/h1-6,14-15,23H,7-8,21-22H2,(H,24,25)/t14-,15-/m0/s1. The van der Waals surface area contributed by atoms with Gasteiger partial charge in [0.15, 0.2) is 5.75 Å². The van der Waals surface area contributed by atoms with Crippen LogP contribution in [0.2, 0.25) is 0 Å². The lowest BCUT2D eigenvalue weighted by molar-refractivity contribution is -0.138. The van der Waals surface area contributed by atoms with Crippen LogP contribution in [0.25, 0.3) is 0 Å². The van der Waals surface area contributed by atoms with E-state index in [0.29, 0.717) is 12.9 Å². The van der Waals surface area contributed by atoms with Crippen LogP contribution in [0.5, 0.6) is 11.5 Å². The fourth-order valence-corrected chi connectivity index (χ4v) is 4.43. The van der Waals surface area contributed by atoms with Crippen molar-refractivity contribution in [3.63, 3.8) is 0 Å². The lowest BCUT2D eigenvalue weighted by Gasteiger charge is -2.15. The van der Waals surface area contributed by atoms with Crippen molar-refractivity contribution >= 4 is 57.1 Å². The first kappa shape index (κ1) is 21.9. The molecule has 0 bridgehead atoms. The molecule has 0 amide bonds. The third kappa shape index (κ3) is 6.30. The molecule has 2 aromatic rings. The highest BCUT2D eigenvalue weighted by Crippen LogP contribution is 2.30. The van der Waals surface area contributed by atoms with Crippen LogP contribution >= 0.6 is 45.2 Å². The zero-order valence-corrected chi connectivity index (χ0v) is 18.4. The summed E-state index contributed by atoms with van der Waals surface area (Å²) in [6.07, 6.45) is 0.452. The molecule has 0 aliphatic carbocycles. The van der Waals surface area contributed by atoms with Crippen molar-refractivity contribution in [3.05, 3.63) is 54.7 Å². The first-order valence-corrected chi connectivity index (χ1v) is 10.0. The number of phenols is 1. The first-order chi connectivity index (χ1) is 12.7. The molecule has 0 fully saturated rings. The van der Waals surface area contributed by atoms with Crippen LogP contribution in [0.1, 0.15) is 11.1 Å². The Kier molecular flexibility index (Phi) is 7.82. The highest BCUT2D eigenvalue weighted by molar-refractivity contribution is 14.1. The molecule has 0 spiro atoms. The zero-order valence-electron chi connectivity index (χ0n) is 14.1. The quantitative estimate of drug-likeness (QED) is 0.218. The van der Waals surface area contributed by atoms with Crippen molar-refractivity contribution in [2.45, 2.75) is 24.9 Å². The number of carboxylic acids is 1. The molecule has 0 aliphatic heterocycles. The summed E-state index contributed by atoms with van der Waals surface area (Å²) in [7, 11) is 0. The molecule has 0 heterocycles. The van der Waals surface area contributed by atoms with E-state index in [9.17, 15) is 14.7 Å². The van der Waals surface area contributed by atoms with Gasteiger partial charge >= 0.3 is 11.9 Å². The molecular weight excluding hydrogens is 578 g/mol. The maximum atomic E-state index is 12.3. The number of carboxylic acid groups (broad SMARTS) is 1. The van der Waals surface area contributed by atoms with Crippen molar-refractivity contribution in [2.75, 3.05) is 0 Å². The fraction of sp³-hybridized carbons (Fsp3) is 0.222. The van der Waals surface area contributed by atoms with Crippen molar-refractivity contribution < 1.29 is 24.5 Å². The van der Waals surface area contributed by atoms with Gasteiger partial charge in [-0.2, -0.15) is 0 Å². The number of esters is 1. The Morgan fingerprint density at radius 3 is 2.00 bits per heavy atom. The number of hydrogen-bond acceptors (Lipinski definition) is 6. The predicted octanol–water partition coefficient (Wildman–Crippen LogP) is 2.03. The Morgan fingerprint density at radius 1 is 0.963 bits per heavy atom. The van der Waals surface area contributed by atoms with Gasteiger partial charge in [0.25, 0.3) is 0 Å². The minimum atomic E-state index is -1.07. The predicted molar refractivity (Wildman–Crippen MR) is 117 cm³/mol. The van der Waals surface area contributed by atoms with Crippen molar-refractivity contribution in [3.8, 4) is 11.5 Å². The number of aromatic hydroxyl groups is 1. The van der Waals surface area contributed by atoms with Crippen LogP contribution in [-0.4, -0.2) is 34.2 Å². The molecule has 9 heteroatoms. The molecular formula is C18H18I2N2O5. The van der Waals surface area contributed by atoms with E-state index in [2.05, 4.69) is 0 Å². The summed E-state index contributed by atoms with van der Waals surface area (Å²) < 4.78 is 6.79. The van der Waals surface area contributed by atoms with Gasteiger partial charge in [-0.25, -0.2) is 4.79 Å². The van der Waals surface area contributed by atoms with Gasteiger partial charge in [-0.15, -0.1) is 0 Å². The summed E-state index contributed by atoms with van der Waals surface area (Å²) in [4.78, 5) is 23.2. The summed E-state index contributed by atoms with van der Waals surface area (Å²) in [5.74, 6) is -1.12. The highest BCUT2D eigenvalue weighted by Gasteiger charge is 2.21. The average Bonchev–Trinajstić information content (AvgIpc) is 2.59. The number of carbonyl (C=O) groups is 2. The van der Waals surface area contributed by atoms with Gasteiger partial charge in [-0.3, -0.25) is 4.79 Å². The lowest BCUT2D eigenvalue weighted by atomic mass is 10.1. The molecule has 0 aliphatic rings. The Hall–Kier alpha value is -1.44. The maximum Gasteiger partial charge on any atom is 0.328 e. The SMILES string of the molecule is N[C@@H](Cc1cc(I)c(OC(=O)[C@@H](N)Cc2ccc(O)cc2)c(I)c1)C(=O)O. The largest absolute Gasteiger partial charge is 0.508 e. The molecule has 0 saturated heterocycles. The number of aliphatic carboxylic acids is 1. The van der Waals surface area contributed by atoms with Crippen molar-refractivity contribution in [1.82, 2.24) is 0 Å². The fourth-order valence-electron chi connectivity index (χ4n) is 2.31. The number of ether oxygens (including phenoxy) is 1. The summed E-state index contributed by atoms with van der Waals surface area (Å²) >= 11 is 4.04. The van der Waals surface area contributed by atoms with Crippen LogP contribution in [-0.2, 0) is 22.4 Å². The van der Waals surface area contributed by atoms with E-state index in [1.165, 1.54) is 12.1 Å². The van der Waals surface area contributed by atoms with E-state index >= 15 is 0 Å². The number of carbonyl (C=O) groups excluding carboxylic acids is 1. The van der Waals surface area contributed by atoms with Gasteiger partial charge in [0.05, 0.1) is 7.14 Å². The van der Waals surface area contributed by atoms with Crippen molar-refractivity contribution in [2.24, 2.45) is 11.5 Å². The highest BCUT2D eigenvalue weighted by atomic mass is 127. The molecule has 144 valence electrons. The molecule has 7 nitrogen and oxygen atoms in total. The Morgan fingerprint density at radius 2 is 1.48 bits per heavy atom. The third-order valence-corrected chi connectivity index (χ3v) is 5.33. The number of hydrogen-bond donors (Lipinski definition) is 4. The second-order valence-corrected chi connectivity index (χ2v) is 8.26. The van der Waals surface area contributed by atoms with E-state index in [4.69, 9.17) is 21.3 Å². The van der Waals surface area contributed by atoms with Gasteiger partial charge in [-0.05, 0) is 93.4 Å². The van der Waals surface area contributed by atoms with Gasteiger partial charge in [0, 0.05) is 0 Å². The molecule has 0 saturated carbocycles. The number of nitrogens with two attached hydrogens (primary N) is 2. The van der Waals surface area contributed by atoms with Gasteiger partial charge in [0.1, 0.15) is 17.8 Å². The minimum absolute atomic E-state index is 0.140. The van der Waals surface area contributed by atoms with E-state index in [1.807, 2.05) is 45.2 Å². The molecule has 0 aromatic heterocycles. The number of benzene rings is 2. The topological polar surface area (TPSA) is 136 Å². The van der Waals surface area contributed by atoms with Crippen LogP contribution in [0.15, 0.2) is 36.4 Å². The van der Waals surface area contributed by atoms with E-state index in [1.54, 1.807) is 24.3 Å². The van der Waals surface area contributed by atoms with E-state index in [-0.39, 0.29) is 18.6 Å². The van der Waals surface area contributed by atoms with Gasteiger partial charge < -0.3 is 26.4 Å². The summed E-state index contributed by atoms with van der Waals surface area (Å²) in [5, 5.41) is 18.2. The smallest absolute Gasteiger partial charge is 0.328 e.